The Kier molecular flexibility index (Phi) is 2.52. The smallest absolute Gasteiger partial charge is 0.180 e. The Bertz CT molecular complexity index is 366. The van der Waals surface area contributed by atoms with Crippen molar-refractivity contribution in [1.82, 2.24) is 0 Å². The van der Waals surface area contributed by atoms with Crippen LogP contribution in [0, 0.1) is 6.92 Å². The number of benzene rings is 1. The molecule has 1 aromatic rings. The van der Waals surface area contributed by atoms with E-state index in [9.17, 15) is 0 Å². The van der Waals surface area contributed by atoms with Crippen LogP contribution in [0.5, 0.6) is 11.5 Å². The van der Waals surface area contributed by atoms with Crippen LogP contribution < -0.4 is 15.2 Å². The fraction of sp³-hybridized carbons (Fsp3) is 0.400. The zero-order valence-electron chi connectivity index (χ0n) is 7.97. The van der Waals surface area contributed by atoms with Gasteiger partial charge in [0, 0.05) is 6.54 Å². The van der Waals surface area contributed by atoms with Crippen LogP contribution in [0.3, 0.4) is 0 Å². The lowest BCUT2D eigenvalue weighted by atomic mass is 10.1. The van der Waals surface area contributed by atoms with E-state index in [1.165, 1.54) is 0 Å². The molecule has 0 unspecified atom stereocenters. The van der Waals surface area contributed by atoms with Gasteiger partial charge in [-0.3, -0.25) is 0 Å². The van der Waals surface area contributed by atoms with Crippen molar-refractivity contribution in [3.05, 3.63) is 22.2 Å². The Labute approximate surface area is 87.8 Å². The molecule has 0 amide bonds. The summed E-state index contributed by atoms with van der Waals surface area (Å²) in [5.41, 5.74) is 7.57. The summed E-state index contributed by atoms with van der Waals surface area (Å²) in [5, 5.41) is 0.585. The zero-order chi connectivity index (χ0) is 10.1. The van der Waals surface area contributed by atoms with Gasteiger partial charge in [0.25, 0.3) is 0 Å². The van der Waals surface area contributed by atoms with E-state index >= 15 is 0 Å². The predicted molar refractivity (Wildman–Crippen MR) is 55.1 cm³/mol. The first-order valence-electron chi connectivity index (χ1n) is 4.51. The van der Waals surface area contributed by atoms with Crippen LogP contribution in [0.25, 0.3) is 0 Å². The van der Waals surface area contributed by atoms with Gasteiger partial charge in [-0.15, -0.1) is 0 Å². The van der Waals surface area contributed by atoms with Gasteiger partial charge in [0.2, 0.25) is 0 Å². The van der Waals surface area contributed by atoms with Crippen molar-refractivity contribution in [2.24, 2.45) is 5.73 Å². The standard InChI is InChI=1S/C10H12ClNO2/c1-6-4-8-10(14-3-2-13-8)9(11)7(6)5-12/h4H,2-3,5,12H2,1H3. The fourth-order valence-electron chi connectivity index (χ4n) is 1.56. The molecule has 2 N–H and O–H groups in total. The number of rotatable bonds is 1. The third kappa shape index (κ3) is 1.42. The first-order valence-corrected chi connectivity index (χ1v) is 4.89. The minimum absolute atomic E-state index is 0.418. The van der Waals surface area contributed by atoms with E-state index in [1.54, 1.807) is 0 Å². The second kappa shape index (κ2) is 3.67. The molecule has 0 aromatic heterocycles. The van der Waals surface area contributed by atoms with E-state index in [4.69, 9.17) is 26.8 Å². The summed E-state index contributed by atoms with van der Waals surface area (Å²) in [6, 6.07) is 1.92. The summed E-state index contributed by atoms with van der Waals surface area (Å²) in [7, 11) is 0. The number of ether oxygens (including phenoxy) is 2. The molecule has 76 valence electrons. The van der Waals surface area contributed by atoms with Gasteiger partial charge in [-0.2, -0.15) is 0 Å². The molecule has 0 bridgehead atoms. The third-order valence-corrected chi connectivity index (χ3v) is 2.70. The van der Waals surface area contributed by atoms with E-state index in [2.05, 4.69) is 0 Å². The number of hydrogen-bond acceptors (Lipinski definition) is 3. The largest absolute Gasteiger partial charge is 0.486 e. The van der Waals surface area contributed by atoms with E-state index in [-0.39, 0.29) is 0 Å². The van der Waals surface area contributed by atoms with Crippen molar-refractivity contribution in [1.29, 1.82) is 0 Å². The van der Waals surface area contributed by atoms with E-state index in [0.29, 0.717) is 30.5 Å². The summed E-state index contributed by atoms with van der Waals surface area (Å²) in [4.78, 5) is 0. The molecule has 0 fully saturated rings. The second-order valence-electron chi connectivity index (χ2n) is 3.21. The molecule has 0 saturated carbocycles. The van der Waals surface area contributed by atoms with Crippen LogP contribution >= 0.6 is 11.6 Å². The van der Waals surface area contributed by atoms with Gasteiger partial charge in [0.05, 0.1) is 5.02 Å². The second-order valence-corrected chi connectivity index (χ2v) is 3.59. The molecule has 3 nitrogen and oxygen atoms in total. The van der Waals surface area contributed by atoms with Crippen molar-refractivity contribution in [3.8, 4) is 11.5 Å². The monoisotopic (exact) mass is 213 g/mol. The summed E-state index contributed by atoms with van der Waals surface area (Å²) in [6.45, 7) is 3.50. The maximum atomic E-state index is 6.15. The molecule has 0 radical (unpaired) electrons. The molecule has 1 aliphatic heterocycles. The molecule has 0 spiro atoms. The molecule has 0 aliphatic carbocycles. The normalized spacial score (nSPS) is 14.2. The van der Waals surface area contributed by atoms with E-state index in [0.717, 1.165) is 16.9 Å². The van der Waals surface area contributed by atoms with Gasteiger partial charge in [-0.1, -0.05) is 11.6 Å². The van der Waals surface area contributed by atoms with Crippen LogP contribution in [0.2, 0.25) is 5.02 Å². The van der Waals surface area contributed by atoms with Crippen molar-refractivity contribution >= 4 is 11.6 Å². The van der Waals surface area contributed by atoms with Crippen molar-refractivity contribution in [2.45, 2.75) is 13.5 Å². The third-order valence-electron chi connectivity index (χ3n) is 2.30. The fourth-order valence-corrected chi connectivity index (χ4v) is 1.93. The van der Waals surface area contributed by atoms with E-state index < -0.39 is 0 Å². The highest BCUT2D eigenvalue weighted by atomic mass is 35.5. The lowest BCUT2D eigenvalue weighted by Gasteiger charge is -2.21. The van der Waals surface area contributed by atoms with Crippen LogP contribution in [0.1, 0.15) is 11.1 Å². The number of nitrogens with two attached hydrogens (primary N) is 1. The highest BCUT2D eigenvalue weighted by Gasteiger charge is 2.19. The van der Waals surface area contributed by atoms with Gasteiger partial charge >= 0.3 is 0 Å². The molecule has 14 heavy (non-hydrogen) atoms. The summed E-state index contributed by atoms with van der Waals surface area (Å²) in [5.74, 6) is 1.35. The van der Waals surface area contributed by atoms with Crippen LogP contribution in [0.15, 0.2) is 6.07 Å². The molecular formula is C10H12ClNO2. The topological polar surface area (TPSA) is 44.5 Å². The number of fused-ring (bicyclic) bond motifs is 1. The summed E-state index contributed by atoms with van der Waals surface area (Å²) < 4.78 is 10.9. The summed E-state index contributed by atoms with van der Waals surface area (Å²) >= 11 is 6.15. The summed E-state index contributed by atoms with van der Waals surface area (Å²) in [6.07, 6.45) is 0. The van der Waals surface area contributed by atoms with Crippen LogP contribution in [-0.4, -0.2) is 13.2 Å². The molecule has 1 aromatic carbocycles. The molecule has 0 atom stereocenters. The van der Waals surface area contributed by atoms with Gasteiger partial charge < -0.3 is 15.2 Å². The number of hydrogen-bond donors (Lipinski definition) is 1. The lowest BCUT2D eigenvalue weighted by Crippen LogP contribution is -2.17. The van der Waals surface area contributed by atoms with Gasteiger partial charge in [-0.25, -0.2) is 0 Å². The van der Waals surface area contributed by atoms with Gasteiger partial charge in [0.1, 0.15) is 13.2 Å². The Morgan fingerprint density at radius 2 is 2.14 bits per heavy atom. The average Bonchev–Trinajstić information content (AvgIpc) is 2.18. The average molecular weight is 214 g/mol. The zero-order valence-corrected chi connectivity index (χ0v) is 8.73. The quantitative estimate of drug-likeness (QED) is 0.775. The molecule has 0 saturated heterocycles. The van der Waals surface area contributed by atoms with Gasteiger partial charge in [-0.05, 0) is 24.1 Å². The Morgan fingerprint density at radius 3 is 2.86 bits per heavy atom. The first-order chi connectivity index (χ1) is 6.74. The predicted octanol–water partition coefficient (Wildman–Crippen LogP) is 1.88. The van der Waals surface area contributed by atoms with Crippen molar-refractivity contribution < 1.29 is 9.47 Å². The van der Waals surface area contributed by atoms with Crippen LogP contribution in [0.4, 0.5) is 0 Å². The van der Waals surface area contributed by atoms with Crippen LogP contribution in [-0.2, 0) is 6.54 Å². The lowest BCUT2D eigenvalue weighted by molar-refractivity contribution is 0.171. The SMILES string of the molecule is Cc1cc2c(c(Cl)c1CN)OCCO2. The van der Waals surface area contributed by atoms with Crippen molar-refractivity contribution in [3.63, 3.8) is 0 Å². The Balaban J connectivity index is 2.57. The Hall–Kier alpha value is -0.930. The first kappa shape index (κ1) is 9.62. The number of halogens is 1. The number of aryl methyl sites for hydroxylation is 1. The minimum atomic E-state index is 0.418. The molecule has 1 aliphatic rings. The van der Waals surface area contributed by atoms with E-state index in [1.807, 2.05) is 13.0 Å². The molecule has 2 rings (SSSR count). The highest BCUT2D eigenvalue weighted by Crippen LogP contribution is 2.40. The molecule has 4 heteroatoms. The Morgan fingerprint density at radius 1 is 1.43 bits per heavy atom. The van der Waals surface area contributed by atoms with Gasteiger partial charge in [0.15, 0.2) is 11.5 Å². The molecular weight excluding hydrogens is 202 g/mol. The highest BCUT2D eigenvalue weighted by molar-refractivity contribution is 6.33. The van der Waals surface area contributed by atoms with Crippen molar-refractivity contribution in [2.75, 3.05) is 13.2 Å². The molecule has 1 heterocycles. The minimum Gasteiger partial charge on any atom is -0.486 e. The maximum Gasteiger partial charge on any atom is 0.180 e. The maximum absolute atomic E-state index is 6.15.